The minimum atomic E-state index is 0.662. The lowest BCUT2D eigenvalue weighted by molar-refractivity contribution is 0.225. The zero-order valence-electron chi connectivity index (χ0n) is 12.2. The Morgan fingerprint density at radius 3 is 2.57 bits per heavy atom. The number of ether oxygens (including phenoxy) is 1. The Balaban J connectivity index is 1.44. The lowest BCUT2D eigenvalue weighted by Gasteiger charge is -2.48. The van der Waals surface area contributed by atoms with Gasteiger partial charge in [-0.1, -0.05) is 12.1 Å². The van der Waals surface area contributed by atoms with Crippen molar-refractivity contribution < 1.29 is 4.74 Å². The molecule has 1 N–H and O–H groups in total. The minimum Gasteiger partial charge on any atom is -0.497 e. The molecule has 2 atom stereocenters. The fourth-order valence-corrected chi connectivity index (χ4v) is 3.23. The van der Waals surface area contributed by atoms with E-state index in [-0.39, 0.29) is 0 Å². The van der Waals surface area contributed by atoms with Crippen LogP contribution in [0.3, 0.4) is 0 Å². The van der Waals surface area contributed by atoms with Crippen LogP contribution in [0.5, 0.6) is 5.75 Å². The normalized spacial score (nSPS) is 23.8. The van der Waals surface area contributed by atoms with Crippen molar-refractivity contribution in [2.24, 2.45) is 0 Å². The summed E-state index contributed by atoms with van der Waals surface area (Å²) in [7, 11) is 1.69. The third kappa shape index (κ3) is 2.49. The van der Waals surface area contributed by atoms with Crippen molar-refractivity contribution in [3.05, 3.63) is 42.1 Å². The molecular weight excluding hydrogens is 264 g/mol. The molecule has 0 radical (unpaired) electrons. The number of nitrogens with zero attached hydrogens (tertiary/aromatic N) is 3. The number of nitrogens with one attached hydrogen (secondary N) is 1. The molecule has 2 aromatic rings. The second-order valence-electron chi connectivity index (χ2n) is 5.92. The first-order chi connectivity index (χ1) is 10.3. The highest BCUT2D eigenvalue weighted by molar-refractivity contribution is 5.40. The summed E-state index contributed by atoms with van der Waals surface area (Å²) in [5.74, 6) is 1.99. The summed E-state index contributed by atoms with van der Waals surface area (Å²) >= 11 is 0. The molecule has 110 valence electrons. The van der Waals surface area contributed by atoms with Gasteiger partial charge in [0.25, 0.3) is 0 Å². The molecule has 2 unspecified atom stereocenters. The van der Waals surface area contributed by atoms with E-state index >= 15 is 0 Å². The topological polar surface area (TPSA) is 42.3 Å². The van der Waals surface area contributed by atoms with Gasteiger partial charge in [-0.05, 0) is 24.1 Å². The van der Waals surface area contributed by atoms with Gasteiger partial charge in [0.05, 0.1) is 13.7 Å². The monoisotopic (exact) mass is 284 g/mol. The number of anilines is 1. The van der Waals surface area contributed by atoms with Crippen molar-refractivity contribution in [2.75, 3.05) is 25.1 Å². The minimum absolute atomic E-state index is 0.662. The Hall–Kier alpha value is -2.01. The van der Waals surface area contributed by atoms with E-state index in [2.05, 4.69) is 34.6 Å². The predicted molar refractivity (Wildman–Crippen MR) is 81.9 cm³/mol. The maximum Gasteiger partial charge on any atom is 0.150 e. The van der Waals surface area contributed by atoms with Crippen LogP contribution in [0.4, 0.5) is 5.82 Å². The summed E-state index contributed by atoms with van der Waals surface area (Å²) in [4.78, 5) is 2.39. The van der Waals surface area contributed by atoms with E-state index in [0.29, 0.717) is 12.1 Å². The van der Waals surface area contributed by atoms with Crippen molar-refractivity contribution in [3.8, 4) is 5.75 Å². The van der Waals surface area contributed by atoms with Gasteiger partial charge in [0.1, 0.15) is 5.75 Å². The summed E-state index contributed by atoms with van der Waals surface area (Å²) in [5.41, 5.74) is 1.23. The molecule has 0 saturated carbocycles. The second kappa shape index (κ2) is 5.07. The number of benzene rings is 1. The fourth-order valence-electron chi connectivity index (χ4n) is 3.23. The Labute approximate surface area is 124 Å². The standard InChI is InChI=1S/C16H20N4O/c1-21-15-4-2-12(3-5-15)9-20-7-6-16(18-20)19-10-13-8-14(11-19)17-13/h2-7,13-14,17H,8-11H2,1H3. The molecule has 3 aliphatic heterocycles. The molecule has 1 aromatic heterocycles. The molecule has 3 saturated heterocycles. The van der Waals surface area contributed by atoms with Crippen LogP contribution >= 0.6 is 0 Å². The number of aromatic nitrogens is 2. The maximum absolute atomic E-state index is 5.18. The number of hydrogen-bond donors (Lipinski definition) is 1. The van der Waals surface area contributed by atoms with Gasteiger partial charge >= 0.3 is 0 Å². The van der Waals surface area contributed by atoms with Crippen molar-refractivity contribution >= 4 is 5.82 Å². The summed E-state index contributed by atoms with van der Waals surface area (Å²) in [6, 6.07) is 11.6. The third-order valence-corrected chi connectivity index (χ3v) is 4.38. The van der Waals surface area contributed by atoms with Crippen LogP contribution in [0.2, 0.25) is 0 Å². The van der Waals surface area contributed by atoms with Crippen LogP contribution < -0.4 is 15.0 Å². The summed E-state index contributed by atoms with van der Waals surface area (Å²) in [6.45, 7) is 2.95. The number of methoxy groups -OCH3 is 1. The Morgan fingerprint density at radius 2 is 1.90 bits per heavy atom. The average Bonchev–Trinajstić information content (AvgIpc) is 2.96. The van der Waals surface area contributed by atoms with Gasteiger partial charge in [-0.25, -0.2) is 0 Å². The second-order valence-corrected chi connectivity index (χ2v) is 5.92. The highest BCUT2D eigenvalue weighted by atomic mass is 16.5. The van der Waals surface area contributed by atoms with Gasteiger partial charge in [-0.3, -0.25) is 4.68 Å². The first kappa shape index (κ1) is 12.7. The van der Waals surface area contributed by atoms with Crippen LogP contribution in [0, 0.1) is 0 Å². The number of rotatable bonds is 4. The van der Waals surface area contributed by atoms with Crippen molar-refractivity contribution in [3.63, 3.8) is 0 Å². The van der Waals surface area contributed by atoms with Gasteiger partial charge < -0.3 is 15.0 Å². The van der Waals surface area contributed by atoms with Crippen LogP contribution in [0.25, 0.3) is 0 Å². The molecule has 5 rings (SSSR count). The maximum atomic E-state index is 5.18. The largest absolute Gasteiger partial charge is 0.497 e. The Kier molecular flexibility index (Phi) is 3.07. The Morgan fingerprint density at radius 1 is 1.19 bits per heavy atom. The average molecular weight is 284 g/mol. The molecule has 0 amide bonds. The van der Waals surface area contributed by atoms with E-state index < -0.39 is 0 Å². The molecule has 0 aliphatic carbocycles. The molecule has 1 aromatic carbocycles. The Bertz CT molecular complexity index is 605. The summed E-state index contributed by atoms with van der Waals surface area (Å²) < 4.78 is 7.19. The molecule has 21 heavy (non-hydrogen) atoms. The van der Waals surface area contributed by atoms with Gasteiger partial charge in [0.2, 0.25) is 0 Å². The fraction of sp³-hybridized carbons (Fsp3) is 0.438. The van der Waals surface area contributed by atoms with E-state index in [1.807, 2.05) is 16.8 Å². The van der Waals surface area contributed by atoms with Gasteiger partial charge in [-0.2, -0.15) is 5.10 Å². The third-order valence-electron chi connectivity index (χ3n) is 4.38. The molecule has 5 heteroatoms. The van der Waals surface area contributed by atoms with E-state index in [4.69, 9.17) is 9.84 Å². The van der Waals surface area contributed by atoms with Crippen LogP contribution in [0.15, 0.2) is 36.5 Å². The molecule has 2 bridgehead atoms. The molecule has 4 heterocycles. The zero-order chi connectivity index (χ0) is 14.2. The number of fused-ring (bicyclic) bond motifs is 2. The first-order valence-electron chi connectivity index (χ1n) is 7.47. The van der Waals surface area contributed by atoms with E-state index in [9.17, 15) is 0 Å². The highest BCUT2D eigenvalue weighted by Crippen LogP contribution is 2.24. The van der Waals surface area contributed by atoms with E-state index in [1.54, 1.807) is 7.11 Å². The molecule has 0 spiro atoms. The van der Waals surface area contributed by atoms with Crippen LogP contribution in [-0.2, 0) is 6.54 Å². The van der Waals surface area contributed by atoms with Gasteiger partial charge in [0, 0.05) is 37.4 Å². The summed E-state index contributed by atoms with van der Waals surface area (Å²) in [5, 5.41) is 8.26. The zero-order valence-corrected chi connectivity index (χ0v) is 12.2. The molecule has 3 fully saturated rings. The predicted octanol–water partition coefficient (Wildman–Crippen LogP) is 1.49. The highest BCUT2D eigenvalue weighted by Gasteiger charge is 2.36. The first-order valence-corrected chi connectivity index (χ1v) is 7.47. The quantitative estimate of drug-likeness (QED) is 0.924. The van der Waals surface area contributed by atoms with Crippen LogP contribution in [0.1, 0.15) is 12.0 Å². The van der Waals surface area contributed by atoms with Crippen LogP contribution in [-0.4, -0.2) is 42.1 Å². The van der Waals surface area contributed by atoms with Gasteiger partial charge in [-0.15, -0.1) is 0 Å². The summed E-state index contributed by atoms with van der Waals surface area (Å²) in [6.07, 6.45) is 3.39. The number of hydrogen-bond acceptors (Lipinski definition) is 4. The van der Waals surface area contributed by atoms with Crippen molar-refractivity contribution in [1.82, 2.24) is 15.1 Å². The van der Waals surface area contributed by atoms with E-state index in [1.165, 1.54) is 12.0 Å². The van der Waals surface area contributed by atoms with E-state index in [0.717, 1.165) is 31.2 Å². The number of piperidine rings is 1. The smallest absolute Gasteiger partial charge is 0.150 e. The molecular formula is C16H20N4O. The SMILES string of the molecule is COc1ccc(Cn2ccc(N3CC4CC(C3)N4)n2)cc1. The number of piperazine rings is 1. The van der Waals surface area contributed by atoms with Crippen molar-refractivity contribution in [2.45, 2.75) is 25.0 Å². The lowest BCUT2D eigenvalue weighted by Crippen LogP contribution is -2.67. The molecule has 5 nitrogen and oxygen atoms in total. The lowest BCUT2D eigenvalue weighted by atomic mass is 9.91. The molecule has 3 aliphatic rings. The van der Waals surface area contributed by atoms with Crippen molar-refractivity contribution in [1.29, 1.82) is 0 Å². The van der Waals surface area contributed by atoms with Gasteiger partial charge in [0.15, 0.2) is 5.82 Å².